The van der Waals surface area contributed by atoms with Crippen LogP contribution >= 0.6 is 0 Å². The van der Waals surface area contributed by atoms with E-state index in [1.54, 1.807) is 6.07 Å². The fraction of sp³-hybridized carbons (Fsp3) is 0.308. The fourth-order valence-electron chi connectivity index (χ4n) is 2.53. The maximum atomic E-state index is 11.8. The van der Waals surface area contributed by atoms with E-state index >= 15 is 0 Å². The second-order valence-corrected chi connectivity index (χ2v) is 4.64. The van der Waals surface area contributed by atoms with Crippen molar-refractivity contribution >= 4 is 22.6 Å². The minimum atomic E-state index is -1.23. The quantitative estimate of drug-likeness (QED) is 0.714. The molecule has 104 valence electrons. The Morgan fingerprint density at radius 1 is 1.30 bits per heavy atom. The van der Waals surface area contributed by atoms with E-state index in [2.05, 4.69) is 20.4 Å². The van der Waals surface area contributed by atoms with Crippen LogP contribution in [-0.4, -0.2) is 47.5 Å². The summed E-state index contributed by atoms with van der Waals surface area (Å²) >= 11 is 0. The largest absolute Gasteiger partial charge is 0.477 e. The van der Waals surface area contributed by atoms with Crippen molar-refractivity contribution in [2.24, 2.45) is 0 Å². The lowest BCUT2D eigenvalue weighted by molar-refractivity contribution is 0.0697. The van der Waals surface area contributed by atoms with Crippen LogP contribution in [0.4, 0.5) is 5.69 Å². The number of hydrogen-bond acceptors (Lipinski definition) is 5. The molecule has 0 bridgehead atoms. The predicted molar refractivity (Wildman–Crippen MR) is 74.4 cm³/mol. The first kappa shape index (κ1) is 12.6. The number of carbonyl (C=O) groups is 1. The summed E-state index contributed by atoms with van der Waals surface area (Å²) in [6.07, 6.45) is 0. The molecular weight excluding hydrogens is 260 g/mol. The molecule has 1 aromatic heterocycles. The van der Waals surface area contributed by atoms with E-state index in [1.165, 1.54) is 0 Å². The van der Waals surface area contributed by atoms with Crippen LogP contribution in [-0.2, 0) is 0 Å². The molecule has 0 aliphatic carbocycles. The van der Waals surface area contributed by atoms with E-state index in [1.807, 2.05) is 12.1 Å². The molecule has 1 saturated heterocycles. The topological polar surface area (TPSA) is 98.3 Å². The molecule has 3 N–H and O–H groups in total. The molecule has 0 unspecified atom stereocenters. The number of nitrogens with zero attached hydrogens (tertiary/aromatic N) is 2. The van der Waals surface area contributed by atoms with Crippen molar-refractivity contribution in [2.75, 3.05) is 31.1 Å². The van der Waals surface area contributed by atoms with Crippen molar-refractivity contribution in [3.63, 3.8) is 0 Å². The number of piperazine rings is 1. The van der Waals surface area contributed by atoms with Gasteiger partial charge < -0.3 is 15.3 Å². The standard InChI is InChI=1S/C13H14N4O3/c18-12-11(13(19)20)10-8(15-16-12)2-1-3-9(10)17-6-4-14-5-7-17/h1-3,14H,4-7H2,(H,16,18)(H,19,20). The van der Waals surface area contributed by atoms with Crippen LogP contribution in [0.25, 0.3) is 10.9 Å². The molecule has 1 aromatic carbocycles. The van der Waals surface area contributed by atoms with E-state index in [4.69, 9.17) is 0 Å². The number of aromatic nitrogens is 2. The number of nitrogens with one attached hydrogen (secondary N) is 2. The molecule has 0 amide bonds. The molecule has 1 fully saturated rings. The molecule has 20 heavy (non-hydrogen) atoms. The second-order valence-electron chi connectivity index (χ2n) is 4.64. The third-order valence-corrected chi connectivity index (χ3v) is 3.45. The summed E-state index contributed by atoms with van der Waals surface area (Å²) in [4.78, 5) is 25.2. The number of benzene rings is 1. The van der Waals surface area contributed by atoms with Crippen molar-refractivity contribution in [1.29, 1.82) is 0 Å². The van der Waals surface area contributed by atoms with Crippen molar-refractivity contribution in [1.82, 2.24) is 15.5 Å². The van der Waals surface area contributed by atoms with Crippen LogP contribution in [0.15, 0.2) is 23.0 Å². The Morgan fingerprint density at radius 3 is 2.75 bits per heavy atom. The van der Waals surface area contributed by atoms with Crippen LogP contribution in [0.2, 0.25) is 0 Å². The normalized spacial score (nSPS) is 15.5. The maximum Gasteiger partial charge on any atom is 0.342 e. The number of aromatic amines is 1. The number of rotatable bonds is 2. The van der Waals surface area contributed by atoms with E-state index in [0.29, 0.717) is 10.9 Å². The molecule has 3 rings (SSSR count). The van der Waals surface area contributed by atoms with Gasteiger partial charge in [-0.05, 0) is 12.1 Å². The summed E-state index contributed by atoms with van der Waals surface area (Å²) in [6, 6.07) is 5.35. The van der Waals surface area contributed by atoms with Gasteiger partial charge in [-0.25, -0.2) is 9.89 Å². The molecule has 0 radical (unpaired) electrons. The Kier molecular flexibility index (Phi) is 3.11. The molecule has 0 saturated carbocycles. The maximum absolute atomic E-state index is 11.8. The summed E-state index contributed by atoms with van der Waals surface area (Å²) < 4.78 is 0. The summed E-state index contributed by atoms with van der Waals surface area (Å²) in [5.74, 6) is -1.23. The van der Waals surface area contributed by atoms with Crippen LogP contribution in [0.1, 0.15) is 10.4 Å². The lowest BCUT2D eigenvalue weighted by atomic mass is 10.1. The first-order valence-electron chi connectivity index (χ1n) is 6.39. The smallest absolute Gasteiger partial charge is 0.342 e. The highest BCUT2D eigenvalue weighted by Crippen LogP contribution is 2.27. The Morgan fingerprint density at radius 2 is 2.05 bits per heavy atom. The first-order valence-corrected chi connectivity index (χ1v) is 6.39. The number of hydrogen-bond donors (Lipinski definition) is 3. The zero-order valence-corrected chi connectivity index (χ0v) is 10.7. The van der Waals surface area contributed by atoms with Crippen molar-refractivity contribution in [2.45, 2.75) is 0 Å². The van der Waals surface area contributed by atoms with Crippen molar-refractivity contribution < 1.29 is 9.90 Å². The molecule has 7 heteroatoms. The van der Waals surface area contributed by atoms with Gasteiger partial charge in [-0.1, -0.05) is 6.07 Å². The van der Waals surface area contributed by atoms with Gasteiger partial charge in [0, 0.05) is 37.3 Å². The number of anilines is 1. The first-order chi connectivity index (χ1) is 9.68. The van der Waals surface area contributed by atoms with Gasteiger partial charge >= 0.3 is 5.97 Å². The van der Waals surface area contributed by atoms with E-state index in [0.717, 1.165) is 31.9 Å². The SMILES string of the molecule is O=C(O)c1c(=O)[nH]nc2cccc(N3CCNCC3)c12. The molecule has 2 heterocycles. The minimum absolute atomic E-state index is 0.246. The number of carboxylic acid groups (broad SMARTS) is 1. The molecule has 0 spiro atoms. The Bertz CT molecular complexity index is 719. The molecule has 1 aliphatic heterocycles. The Labute approximate surface area is 114 Å². The summed E-state index contributed by atoms with van der Waals surface area (Å²) in [7, 11) is 0. The fourth-order valence-corrected chi connectivity index (χ4v) is 2.53. The second kappa shape index (κ2) is 4.93. The summed E-state index contributed by atoms with van der Waals surface area (Å²) in [5.41, 5.74) is 0.315. The third kappa shape index (κ3) is 2.01. The Balaban J connectivity index is 2.28. The lowest BCUT2D eigenvalue weighted by Crippen LogP contribution is -2.43. The number of aromatic carboxylic acids is 1. The van der Waals surface area contributed by atoms with Crippen LogP contribution in [0.3, 0.4) is 0 Å². The predicted octanol–water partition coefficient (Wildman–Crippen LogP) is 0.0309. The zero-order chi connectivity index (χ0) is 14.1. The van der Waals surface area contributed by atoms with Gasteiger partial charge in [0.05, 0.1) is 5.52 Å². The lowest BCUT2D eigenvalue weighted by Gasteiger charge is -2.30. The number of fused-ring (bicyclic) bond motifs is 1. The van der Waals surface area contributed by atoms with E-state index in [-0.39, 0.29) is 5.56 Å². The van der Waals surface area contributed by atoms with Gasteiger partial charge in [0.2, 0.25) is 0 Å². The highest BCUT2D eigenvalue weighted by atomic mass is 16.4. The van der Waals surface area contributed by atoms with Crippen LogP contribution < -0.4 is 15.8 Å². The summed E-state index contributed by atoms with van der Waals surface area (Å²) in [6.45, 7) is 3.20. The van der Waals surface area contributed by atoms with E-state index in [9.17, 15) is 14.7 Å². The highest BCUT2D eigenvalue weighted by molar-refractivity contribution is 6.07. The zero-order valence-electron chi connectivity index (χ0n) is 10.7. The number of carboxylic acids is 1. The van der Waals surface area contributed by atoms with Gasteiger partial charge in [-0.15, -0.1) is 0 Å². The van der Waals surface area contributed by atoms with Crippen LogP contribution in [0.5, 0.6) is 0 Å². The molecule has 7 nitrogen and oxygen atoms in total. The van der Waals surface area contributed by atoms with E-state index < -0.39 is 11.5 Å². The van der Waals surface area contributed by atoms with Crippen molar-refractivity contribution in [3.05, 3.63) is 34.1 Å². The third-order valence-electron chi connectivity index (χ3n) is 3.45. The van der Waals surface area contributed by atoms with Gasteiger partial charge in [-0.3, -0.25) is 4.79 Å². The molecule has 2 aromatic rings. The Hall–Kier alpha value is -2.41. The average Bonchev–Trinajstić information content (AvgIpc) is 2.47. The molecule has 1 aliphatic rings. The van der Waals surface area contributed by atoms with Crippen LogP contribution in [0, 0.1) is 0 Å². The van der Waals surface area contributed by atoms with Gasteiger partial charge in [-0.2, -0.15) is 5.10 Å². The average molecular weight is 274 g/mol. The van der Waals surface area contributed by atoms with Gasteiger partial charge in [0.1, 0.15) is 5.56 Å². The number of H-pyrrole nitrogens is 1. The van der Waals surface area contributed by atoms with Gasteiger partial charge in [0.15, 0.2) is 0 Å². The van der Waals surface area contributed by atoms with Crippen molar-refractivity contribution in [3.8, 4) is 0 Å². The monoisotopic (exact) mass is 274 g/mol. The molecule has 0 atom stereocenters. The summed E-state index contributed by atoms with van der Waals surface area (Å²) in [5, 5.41) is 19.1. The minimum Gasteiger partial charge on any atom is -0.477 e. The van der Waals surface area contributed by atoms with Gasteiger partial charge in [0.25, 0.3) is 5.56 Å². The highest BCUT2D eigenvalue weighted by Gasteiger charge is 2.21. The molecular formula is C13H14N4O3.